The van der Waals surface area contributed by atoms with Gasteiger partial charge in [-0.1, -0.05) is 31.8 Å². The highest BCUT2D eigenvalue weighted by atomic mass is 32.2. The maximum Gasteiger partial charge on any atom is 0.257 e. The van der Waals surface area contributed by atoms with E-state index in [9.17, 15) is 9.00 Å². The summed E-state index contributed by atoms with van der Waals surface area (Å²) in [5.41, 5.74) is 1.63. The molecule has 1 fully saturated rings. The first-order valence-corrected chi connectivity index (χ1v) is 13.6. The van der Waals surface area contributed by atoms with Crippen molar-refractivity contribution in [2.45, 2.75) is 52.0 Å². The summed E-state index contributed by atoms with van der Waals surface area (Å²) >= 11 is 0. The van der Waals surface area contributed by atoms with Crippen LogP contribution in [0.3, 0.4) is 0 Å². The van der Waals surface area contributed by atoms with Crippen LogP contribution in [-0.4, -0.2) is 37.8 Å². The zero-order chi connectivity index (χ0) is 23.8. The van der Waals surface area contributed by atoms with E-state index >= 15 is 4.39 Å². The summed E-state index contributed by atoms with van der Waals surface area (Å²) in [5.74, 6) is 0.383. The lowest BCUT2D eigenvalue weighted by Gasteiger charge is -2.32. The van der Waals surface area contributed by atoms with Crippen LogP contribution in [-0.2, 0) is 16.1 Å². The molecule has 2 aromatic heterocycles. The Kier molecular flexibility index (Phi) is 6.56. The van der Waals surface area contributed by atoms with E-state index in [-0.39, 0.29) is 23.0 Å². The molecule has 1 aliphatic rings. The van der Waals surface area contributed by atoms with Crippen LogP contribution in [0.5, 0.6) is 0 Å². The van der Waals surface area contributed by atoms with Gasteiger partial charge in [0.05, 0.1) is 17.3 Å². The van der Waals surface area contributed by atoms with E-state index < -0.39 is 21.6 Å². The number of hydrogen-bond donors (Lipinski definition) is 2. The van der Waals surface area contributed by atoms with Crippen LogP contribution in [0.25, 0.3) is 11.0 Å². The van der Waals surface area contributed by atoms with Gasteiger partial charge in [0.1, 0.15) is 28.9 Å². The Balaban J connectivity index is 1.72. The summed E-state index contributed by atoms with van der Waals surface area (Å²) in [6.45, 7) is 4.14. The topological polar surface area (TPSA) is 113 Å². The molecule has 1 saturated carbocycles. The minimum absolute atomic E-state index is 0.0136. The molecule has 1 aromatic carbocycles. The van der Waals surface area contributed by atoms with Crippen molar-refractivity contribution < 1.29 is 17.9 Å². The number of H-pyrrole nitrogens is 1. The van der Waals surface area contributed by atoms with Crippen molar-refractivity contribution in [3.8, 4) is 0 Å². The van der Waals surface area contributed by atoms with Gasteiger partial charge in [-0.25, -0.2) is 13.6 Å². The van der Waals surface area contributed by atoms with Gasteiger partial charge in [-0.3, -0.25) is 4.79 Å². The van der Waals surface area contributed by atoms with Gasteiger partial charge in [-0.15, -0.1) is 0 Å². The molecular formula is C23H30FN5O3S. The molecule has 1 aliphatic carbocycles. The number of rotatable bonds is 6. The number of carbonyl (C=O) groups excluding carboxylic acids is 1. The van der Waals surface area contributed by atoms with Crippen molar-refractivity contribution in [2.24, 2.45) is 16.2 Å². The zero-order valence-electron chi connectivity index (χ0n) is 19.4. The third-order valence-corrected chi connectivity index (χ3v) is 6.88. The number of amides is 1. The van der Waals surface area contributed by atoms with E-state index in [1.54, 1.807) is 6.07 Å². The SMILES string of the molecule is CCc1nocc1C(=O)N[C@H](c1nc2c(F)c(N=S(C)(C)=O)ccc2[nH]1)C1CCC(C)CC1. The number of fused-ring (bicyclic) bond motifs is 1. The number of nitrogens with one attached hydrogen (secondary N) is 2. The van der Waals surface area contributed by atoms with E-state index in [0.717, 1.165) is 25.7 Å². The Bertz CT molecular complexity index is 1270. The monoisotopic (exact) mass is 475 g/mol. The average Bonchev–Trinajstić information content (AvgIpc) is 3.41. The minimum atomic E-state index is -2.52. The summed E-state index contributed by atoms with van der Waals surface area (Å²) < 4.78 is 36.2. The standard InChI is InChI=1S/C23H30FN5O3S/c1-5-16-15(12-32-28-16)23(30)27-20(14-8-6-13(2)7-9-14)22-25-18-11-10-17(29-33(3,4)31)19(24)21(18)26-22/h10-14,20H,5-9H2,1-4H3,(H,25,26)(H,27,30)/t13?,14?,20-/m0/s1. The molecule has 4 rings (SSSR count). The Morgan fingerprint density at radius 1 is 1.33 bits per heavy atom. The molecule has 0 spiro atoms. The number of nitrogens with zero attached hydrogens (tertiary/aromatic N) is 3. The molecule has 10 heteroatoms. The van der Waals surface area contributed by atoms with Crippen molar-refractivity contribution >= 4 is 32.4 Å². The van der Waals surface area contributed by atoms with Crippen LogP contribution in [0.2, 0.25) is 0 Å². The fraction of sp³-hybridized carbons (Fsp3) is 0.522. The summed E-state index contributed by atoms with van der Waals surface area (Å²) in [4.78, 5) is 20.8. The van der Waals surface area contributed by atoms with Crippen LogP contribution < -0.4 is 5.32 Å². The molecule has 0 unspecified atom stereocenters. The average molecular weight is 476 g/mol. The number of aromatic amines is 1. The molecular weight excluding hydrogens is 445 g/mol. The Labute approximate surface area is 192 Å². The van der Waals surface area contributed by atoms with E-state index in [2.05, 4.69) is 31.7 Å². The van der Waals surface area contributed by atoms with Gasteiger partial charge in [0.15, 0.2) is 5.82 Å². The van der Waals surface area contributed by atoms with E-state index in [1.165, 1.54) is 24.8 Å². The second-order valence-electron chi connectivity index (χ2n) is 9.19. The van der Waals surface area contributed by atoms with E-state index in [0.29, 0.717) is 34.9 Å². The summed E-state index contributed by atoms with van der Waals surface area (Å²) in [6, 6.07) is 2.75. The molecule has 1 atom stereocenters. The van der Waals surface area contributed by atoms with Gasteiger partial charge >= 0.3 is 0 Å². The smallest absolute Gasteiger partial charge is 0.257 e. The Morgan fingerprint density at radius 2 is 2.06 bits per heavy atom. The van der Waals surface area contributed by atoms with Crippen molar-refractivity contribution in [3.63, 3.8) is 0 Å². The molecule has 2 N–H and O–H groups in total. The number of hydrogen-bond acceptors (Lipinski definition) is 6. The van der Waals surface area contributed by atoms with Gasteiger partial charge in [0, 0.05) is 22.2 Å². The Hall–Kier alpha value is -2.75. The second kappa shape index (κ2) is 9.24. The van der Waals surface area contributed by atoms with E-state index in [4.69, 9.17) is 4.52 Å². The zero-order valence-corrected chi connectivity index (χ0v) is 20.2. The summed E-state index contributed by atoms with van der Waals surface area (Å²) in [5, 5.41) is 7.00. The molecule has 2 heterocycles. The van der Waals surface area contributed by atoms with Gasteiger partial charge in [0.25, 0.3) is 5.91 Å². The number of imidazole rings is 1. The molecule has 0 saturated heterocycles. The first kappa shape index (κ1) is 23.4. The number of aromatic nitrogens is 3. The predicted molar refractivity (Wildman–Crippen MR) is 125 cm³/mol. The van der Waals surface area contributed by atoms with Crippen LogP contribution >= 0.6 is 0 Å². The molecule has 8 nitrogen and oxygen atoms in total. The first-order valence-electron chi connectivity index (χ1n) is 11.3. The molecule has 3 aromatic rings. The molecule has 0 aliphatic heterocycles. The molecule has 0 bridgehead atoms. The van der Waals surface area contributed by atoms with Crippen LogP contribution in [0, 0.1) is 17.7 Å². The largest absolute Gasteiger partial charge is 0.364 e. The lowest BCUT2D eigenvalue weighted by Crippen LogP contribution is -2.36. The predicted octanol–water partition coefficient (Wildman–Crippen LogP) is 4.91. The number of benzene rings is 1. The van der Waals surface area contributed by atoms with Crippen LogP contribution in [0.1, 0.15) is 67.4 Å². The third-order valence-electron chi connectivity index (χ3n) is 6.25. The molecule has 33 heavy (non-hydrogen) atoms. The Morgan fingerprint density at radius 3 is 2.73 bits per heavy atom. The van der Waals surface area contributed by atoms with Crippen molar-refractivity contribution in [3.05, 3.63) is 41.3 Å². The fourth-order valence-corrected chi connectivity index (χ4v) is 5.07. The lowest BCUT2D eigenvalue weighted by atomic mass is 9.79. The molecule has 1 amide bonds. The second-order valence-corrected chi connectivity index (χ2v) is 11.7. The van der Waals surface area contributed by atoms with Gasteiger partial charge < -0.3 is 14.8 Å². The summed E-state index contributed by atoms with van der Waals surface area (Å²) in [7, 11) is -2.52. The molecule has 0 radical (unpaired) electrons. The number of carbonyl (C=O) groups is 1. The molecule has 178 valence electrons. The van der Waals surface area contributed by atoms with Gasteiger partial charge in [-0.2, -0.15) is 4.36 Å². The fourth-order valence-electron chi connectivity index (χ4n) is 4.45. The third kappa shape index (κ3) is 5.10. The first-order chi connectivity index (χ1) is 15.7. The highest BCUT2D eigenvalue weighted by Gasteiger charge is 2.32. The normalized spacial score (nSPS) is 20.0. The van der Waals surface area contributed by atoms with Crippen LogP contribution in [0.15, 0.2) is 27.3 Å². The maximum absolute atomic E-state index is 15.1. The van der Waals surface area contributed by atoms with Crippen molar-refractivity contribution in [1.82, 2.24) is 20.4 Å². The van der Waals surface area contributed by atoms with Crippen molar-refractivity contribution in [1.29, 1.82) is 0 Å². The van der Waals surface area contributed by atoms with E-state index in [1.807, 2.05) is 6.92 Å². The highest BCUT2D eigenvalue weighted by Crippen LogP contribution is 2.37. The number of halogens is 1. The summed E-state index contributed by atoms with van der Waals surface area (Å²) in [6.07, 6.45) is 8.83. The van der Waals surface area contributed by atoms with Gasteiger partial charge in [0.2, 0.25) is 0 Å². The quantitative estimate of drug-likeness (QED) is 0.526. The van der Waals surface area contributed by atoms with Gasteiger partial charge in [-0.05, 0) is 43.2 Å². The maximum atomic E-state index is 15.1. The minimum Gasteiger partial charge on any atom is -0.364 e. The van der Waals surface area contributed by atoms with Crippen LogP contribution in [0.4, 0.5) is 10.1 Å². The lowest BCUT2D eigenvalue weighted by molar-refractivity contribution is 0.0903. The number of aryl methyl sites for hydroxylation is 1. The highest BCUT2D eigenvalue weighted by molar-refractivity contribution is 7.92. The van der Waals surface area contributed by atoms with Crippen molar-refractivity contribution in [2.75, 3.05) is 12.5 Å².